The maximum absolute atomic E-state index is 13.5. The van der Waals surface area contributed by atoms with Gasteiger partial charge in [0, 0.05) is 22.0 Å². The molecule has 0 saturated heterocycles. The van der Waals surface area contributed by atoms with Gasteiger partial charge in [-0.2, -0.15) is 0 Å². The second kappa shape index (κ2) is 6.76. The summed E-state index contributed by atoms with van der Waals surface area (Å²) in [5.74, 6) is -2.66. The van der Waals surface area contributed by atoms with E-state index in [0.29, 0.717) is 16.5 Å². The van der Waals surface area contributed by atoms with Gasteiger partial charge in [-0.3, -0.25) is 4.79 Å². The summed E-state index contributed by atoms with van der Waals surface area (Å²) in [7, 11) is 0. The first kappa shape index (κ1) is 17.9. The van der Waals surface area contributed by atoms with E-state index < -0.39 is 23.5 Å². The second-order valence-electron chi connectivity index (χ2n) is 5.45. The Morgan fingerprint density at radius 2 is 1.81 bits per heavy atom. The third kappa shape index (κ3) is 3.01. The highest BCUT2D eigenvalue weighted by molar-refractivity contribution is 6.31. The molecule has 0 aliphatic rings. The number of ether oxygens (including phenoxy) is 1. The number of hydrogen-bond donors (Lipinski definition) is 1. The summed E-state index contributed by atoms with van der Waals surface area (Å²) in [5.41, 5.74) is 5.77. The number of carbonyl (C=O) groups excluding carboxylic acids is 2. The molecule has 26 heavy (non-hydrogen) atoms. The maximum Gasteiger partial charge on any atom is 0.419 e. The predicted molar refractivity (Wildman–Crippen MR) is 93.6 cm³/mol. The van der Waals surface area contributed by atoms with Crippen molar-refractivity contribution in [3.63, 3.8) is 0 Å². The Morgan fingerprint density at radius 3 is 2.42 bits per heavy atom. The van der Waals surface area contributed by atoms with Crippen LogP contribution < -0.4 is 5.73 Å². The number of carbonyl (C=O) groups is 2. The molecule has 3 aromatic rings. The Balaban J connectivity index is 2.30. The average molecular weight is 379 g/mol. The predicted octanol–water partition coefficient (Wildman–Crippen LogP) is 4.39. The van der Waals surface area contributed by atoms with E-state index in [1.165, 1.54) is 6.07 Å². The van der Waals surface area contributed by atoms with Crippen molar-refractivity contribution in [2.24, 2.45) is 0 Å². The van der Waals surface area contributed by atoms with Crippen molar-refractivity contribution in [2.45, 2.75) is 6.92 Å². The molecule has 0 aliphatic carbocycles. The molecule has 0 amide bonds. The van der Waals surface area contributed by atoms with E-state index >= 15 is 0 Å². The number of nitrogens with zero attached hydrogens (tertiary/aromatic N) is 1. The molecule has 2 aromatic carbocycles. The van der Waals surface area contributed by atoms with Crippen LogP contribution in [0.25, 0.3) is 10.9 Å². The number of ketones is 1. The smallest absolute Gasteiger partial charge is 0.419 e. The lowest BCUT2D eigenvalue weighted by atomic mass is 10.1. The first-order chi connectivity index (χ1) is 12.3. The number of nitrogens with two attached hydrogens (primary N) is 1. The van der Waals surface area contributed by atoms with Crippen LogP contribution in [0.4, 0.5) is 19.3 Å². The molecule has 134 valence electrons. The van der Waals surface area contributed by atoms with Crippen LogP contribution in [-0.4, -0.2) is 23.1 Å². The topological polar surface area (TPSA) is 74.3 Å². The number of halogens is 3. The number of aromatic nitrogens is 1. The maximum atomic E-state index is 13.5. The second-order valence-corrected chi connectivity index (χ2v) is 5.88. The van der Waals surface area contributed by atoms with Gasteiger partial charge in [-0.05, 0) is 37.3 Å². The zero-order chi connectivity index (χ0) is 19.0. The lowest BCUT2D eigenvalue weighted by Crippen LogP contribution is -2.20. The lowest BCUT2D eigenvalue weighted by molar-refractivity contribution is 0.102. The lowest BCUT2D eigenvalue weighted by Gasteiger charge is -2.09. The van der Waals surface area contributed by atoms with Gasteiger partial charge < -0.3 is 10.5 Å². The van der Waals surface area contributed by atoms with Gasteiger partial charge in [0.1, 0.15) is 17.3 Å². The number of rotatable bonds is 3. The van der Waals surface area contributed by atoms with Crippen LogP contribution >= 0.6 is 11.6 Å². The number of hydrogen-bond acceptors (Lipinski definition) is 4. The van der Waals surface area contributed by atoms with Crippen LogP contribution in [0.1, 0.15) is 23.0 Å². The zero-order valence-electron chi connectivity index (χ0n) is 13.6. The molecule has 1 heterocycles. The first-order valence-corrected chi connectivity index (χ1v) is 7.98. The standard InChI is InChI=1S/C18H13ClF2N2O3/c1-2-26-18(25)23-14-7-10(19)3-4-13(14)15(22)16(23)17(24)9-5-11(20)8-12(21)6-9/h3-8H,2,22H2,1H3. The molecule has 0 spiro atoms. The van der Waals surface area contributed by atoms with Crippen molar-refractivity contribution in [1.82, 2.24) is 4.57 Å². The highest BCUT2D eigenvalue weighted by atomic mass is 35.5. The monoisotopic (exact) mass is 378 g/mol. The van der Waals surface area contributed by atoms with Crippen LogP contribution in [-0.2, 0) is 4.74 Å². The van der Waals surface area contributed by atoms with E-state index in [-0.39, 0.29) is 29.1 Å². The summed E-state index contributed by atoms with van der Waals surface area (Å²) in [6.45, 7) is 1.66. The Labute approximate surface area is 151 Å². The number of fused-ring (bicyclic) bond motifs is 1. The summed E-state index contributed by atoms with van der Waals surface area (Å²) < 4.78 is 33.0. The Kier molecular flexibility index (Phi) is 4.65. The van der Waals surface area contributed by atoms with Gasteiger partial charge in [0.2, 0.25) is 5.78 Å². The Morgan fingerprint density at radius 1 is 1.15 bits per heavy atom. The van der Waals surface area contributed by atoms with Crippen molar-refractivity contribution >= 4 is 40.1 Å². The summed E-state index contributed by atoms with van der Waals surface area (Å²) in [4.78, 5) is 25.3. The molecule has 1 aromatic heterocycles. The molecule has 0 saturated carbocycles. The van der Waals surface area contributed by atoms with E-state index in [1.807, 2.05) is 0 Å². The largest absolute Gasteiger partial charge is 0.449 e. The van der Waals surface area contributed by atoms with Crippen molar-refractivity contribution < 1.29 is 23.1 Å². The molecule has 0 radical (unpaired) electrons. The molecule has 0 bridgehead atoms. The molecule has 5 nitrogen and oxygen atoms in total. The van der Waals surface area contributed by atoms with Crippen LogP contribution in [0.2, 0.25) is 5.02 Å². The molecular formula is C18H13ClF2N2O3. The number of anilines is 1. The minimum absolute atomic E-state index is 0.0145. The highest BCUT2D eigenvalue weighted by Gasteiger charge is 2.27. The van der Waals surface area contributed by atoms with Crippen LogP contribution in [0.5, 0.6) is 0 Å². The van der Waals surface area contributed by atoms with Gasteiger partial charge in [0.25, 0.3) is 0 Å². The van der Waals surface area contributed by atoms with Gasteiger partial charge in [-0.1, -0.05) is 11.6 Å². The number of nitrogen functional groups attached to an aromatic ring is 1. The normalized spacial score (nSPS) is 10.9. The van der Waals surface area contributed by atoms with Crippen molar-refractivity contribution in [3.8, 4) is 0 Å². The summed E-state index contributed by atoms with van der Waals surface area (Å²) in [6, 6.07) is 6.92. The van der Waals surface area contributed by atoms with Crippen molar-refractivity contribution in [2.75, 3.05) is 12.3 Å². The van der Waals surface area contributed by atoms with Gasteiger partial charge in [-0.25, -0.2) is 18.1 Å². The van der Waals surface area contributed by atoms with E-state index in [9.17, 15) is 18.4 Å². The van der Waals surface area contributed by atoms with Gasteiger partial charge >= 0.3 is 6.09 Å². The molecule has 0 aliphatic heterocycles. The van der Waals surface area contributed by atoms with E-state index in [2.05, 4.69) is 0 Å². The summed E-state index contributed by atoms with van der Waals surface area (Å²) in [5, 5.41) is 0.707. The quantitative estimate of drug-likeness (QED) is 0.686. The molecule has 0 atom stereocenters. The van der Waals surface area contributed by atoms with E-state index in [1.54, 1.807) is 19.1 Å². The van der Waals surface area contributed by atoms with Crippen LogP contribution in [0.15, 0.2) is 36.4 Å². The fraction of sp³-hybridized carbons (Fsp3) is 0.111. The third-order valence-corrected chi connectivity index (χ3v) is 3.99. The molecule has 8 heteroatoms. The first-order valence-electron chi connectivity index (χ1n) is 7.60. The highest BCUT2D eigenvalue weighted by Crippen LogP contribution is 2.32. The van der Waals surface area contributed by atoms with Gasteiger partial charge in [0.15, 0.2) is 0 Å². The fourth-order valence-electron chi connectivity index (χ4n) is 2.71. The minimum atomic E-state index is -0.922. The summed E-state index contributed by atoms with van der Waals surface area (Å²) in [6.07, 6.45) is -0.850. The average Bonchev–Trinajstić information content (AvgIpc) is 2.85. The Bertz CT molecular complexity index is 1030. The summed E-state index contributed by atoms with van der Waals surface area (Å²) >= 11 is 5.98. The molecule has 0 unspecified atom stereocenters. The molecule has 2 N–H and O–H groups in total. The SMILES string of the molecule is CCOC(=O)n1c(C(=O)c2cc(F)cc(F)c2)c(N)c2ccc(Cl)cc21. The van der Waals surface area contributed by atoms with E-state index in [4.69, 9.17) is 22.1 Å². The fourth-order valence-corrected chi connectivity index (χ4v) is 2.88. The number of benzene rings is 2. The molecular weight excluding hydrogens is 366 g/mol. The minimum Gasteiger partial charge on any atom is -0.449 e. The van der Waals surface area contributed by atoms with Gasteiger partial charge in [0.05, 0.1) is 17.8 Å². The molecule has 3 rings (SSSR count). The van der Waals surface area contributed by atoms with E-state index in [0.717, 1.165) is 16.7 Å². The molecule has 0 fully saturated rings. The zero-order valence-corrected chi connectivity index (χ0v) is 14.3. The van der Waals surface area contributed by atoms with Crippen molar-refractivity contribution in [1.29, 1.82) is 0 Å². The third-order valence-electron chi connectivity index (χ3n) is 3.76. The van der Waals surface area contributed by atoms with Crippen LogP contribution in [0.3, 0.4) is 0 Å². The van der Waals surface area contributed by atoms with Crippen molar-refractivity contribution in [3.05, 3.63) is 64.3 Å². The Hall–Kier alpha value is -2.93. The van der Waals surface area contributed by atoms with Crippen LogP contribution in [0, 0.1) is 11.6 Å². The van der Waals surface area contributed by atoms with Gasteiger partial charge in [-0.15, -0.1) is 0 Å².